The van der Waals surface area contributed by atoms with Crippen molar-refractivity contribution >= 4 is 0 Å². The summed E-state index contributed by atoms with van der Waals surface area (Å²) in [6.07, 6.45) is 2.30. The summed E-state index contributed by atoms with van der Waals surface area (Å²) in [4.78, 5) is 16.2. The molecule has 0 aliphatic heterocycles. The zero-order chi connectivity index (χ0) is 15.4. The van der Waals surface area contributed by atoms with E-state index in [-0.39, 0.29) is 12.2 Å². The molecule has 0 amide bonds. The van der Waals surface area contributed by atoms with Crippen LogP contribution in [-0.2, 0) is 9.78 Å². The van der Waals surface area contributed by atoms with Crippen LogP contribution < -0.4 is 0 Å². The highest BCUT2D eigenvalue weighted by atomic mass is 17.2. The SMILES string of the molecule is CCC(CN(CC)CC)OOC(CC)CN(CC)CC. The van der Waals surface area contributed by atoms with Crippen molar-refractivity contribution in [2.75, 3.05) is 39.3 Å². The third-order valence-corrected chi connectivity index (χ3v) is 3.95. The zero-order valence-corrected chi connectivity index (χ0v) is 14.5. The second-order valence-electron chi connectivity index (χ2n) is 5.22. The van der Waals surface area contributed by atoms with E-state index in [0.29, 0.717) is 0 Å². The summed E-state index contributed by atoms with van der Waals surface area (Å²) >= 11 is 0. The lowest BCUT2D eigenvalue weighted by Crippen LogP contribution is -2.37. The Morgan fingerprint density at radius 1 is 0.600 bits per heavy atom. The van der Waals surface area contributed by atoms with Gasteiger partial charge in [-0.3, -0.25) is 0 Å². The number of likely N-dealkylation sites (N-methyl/N-ethyl adjacent to an activating group) is 2. The molecule has 2 atom stereocenters. The fourth-order valence-electron chi connectivity index (χ4n) is 2.15. The molecule has 0 aromatic rings. The smallest absolute Gasteiger partial charge is 0.105 e. The van der Waals surface area contributed by atoms with Crippen LogP contribution in [-0.4, -0.2) is 61.3 Å². The Morgan fingerprint density at radius 2 is 0.900 bits per heavy atom. The van der Waals surface area contributed by atoms with E-state index in [1.165, 1.54) is 0 Å². The summed E-state index contributed by atoms with van der Waals surface area (Å²) < 4.78 is 0. The van der Waals surface area contributed by atoms with Crippen LogP contribution >= 0.6 is 0 Å². The van der Waals surface area contributed by atoms with Crippen molar-refractivity contribution < 1.29 is 9.78 Å². The molecule has 4 nitrogen and oxygen atoms in total. The summed E-state index contributed by atoms with van der Waals surface area (Å²) in [7, 11) is 0. The van der Waals surface area contributed by atoms with Crippen molar-refractivity contribution in [1.29, 1.82) is 0 Å². The Labute approximate surface area is 126 Å². The molecule has 4 heteroatoms. The molecule has 0 spiro atoms. The molecule has 0 saturated heterocycles. The largest absolute Gasteiger partial charge is 0.301 e. The topological polar surface area (TPSA) is 24.9 Å². The summed E-state index contributed by atoms with van der Waals surface area (Å²) in [5.41, 5.74) is 0. The number of hydrogen-bond acceptors (Lipinski definition) is 4. The van der Waals surface area contributed by atoms with Gasteiger partial charge in [0.15, 0.2) is 0 Å². The zero-order valence-electron chi connectivity index (χ0n) is 14.5. The Bertz CT molecular complexity index is 185. The van der Waals surface area contributed by atoms with Gasteiger partial charge in [0, 0.05) is 13.1 Å². The van der Waals surface area contributed by atoms with Gasteiger partial charge in [-0.15, -0.1) is 0 Å². The molecule has 0 saturated carbocycles. The lowest BCUT2D eigenvalue weighted by atomic mass is 10.2. The predicted molar refractivity (Wildman–Crippen MR) is 85.9 cm³/mol. The van der Waals surface area contributed by atoms with Crippen molar-refractivity contribution in [2.45, 2.75) is 66.6 Å². The van der Waals surface area contributed by atoms with Gasteiger partial charge in [-0.1, -0.05) is 41.5 Å². The van der Waals surface area contributed by atoms with Crippen LogP contribution in [0.25, 0.3) is 0 Å². The second-order valence-corrected chi connectivity index (χ2v) is 5.22. The molecule has 0 aliphatic carbocycles. The maximum Gasteiger partial charge on any atom is 0.105 e. The van der Waals surface area contributed by atoms with Crippen LogP contribution in [0.2, 0.25) is 0 Å². The lowest BCUT2D eigenvalue weighted by molar-refractivity contribution is -0.354. The van der Waals surface area contributed by atoms with Crippen LogP contribution in [0.5, 0.6) is 0 Å². The molecule has 0 aliphatic rings. The van der Waals surface area contributed by atoms with Gasteiger partial charge in [0.05, 0.1) is 0 Å². The minimum Gasteiger partial charge on any atom is -0.301 e. The van der Waals surface area contributed by atoms with E-state index in [4.69, 9.17) is 9.78 Å². The van der Waals surface area contributed by atoms with Gasteiger partial charge in [0.2, 0.25) is 0 Å². The van der Waals surface area contributed by atoms with Gasteiger partial charge < -0.3 is 9.80 Å². The van der Waals surface area contributed by atoms with Crippen LogP contribution in [0, 0.1) is 0 Å². The van der Waals surface area contributed by atoms with Crippen molar-refractivity contribution in [1.82, 2.24) is 9.80 Å². The average Bonchev–Trinajstić information content (AvgIpc) is 2.50. The first kappa shape index (κ1) is 19.8. The fraction of sp³-hybridized carbons (Fsp3) is 1.00. The molecule has 122 valence electrons. The molecule has 0 rings (SSSR count). The molecular formula is C16H36N2O2. The quantitative estimate of drug-likeness (QED) is 0.384. The first-order chi connectivity index (χ1) is 9.64. The highest BCUT2D eigenvalue weighted by Gasteiger charge is 2.16. The number of rotatable bonds is 13. The summed E-state index contributed by atoms with van der Waals surface area (Å²) in [5.74, 6) is 0. The van der Waals surface area contributed by atoms with Gasteiger partial charge in [-0.2, -0.15) is 0 Å². The first-order valence-corrected chi connectivity index (χ1v) is 8.41. The van der Waals surface area contributed by atoms with Crippen LogP contribution in [0.4, 0.5) is 0 Å². The van der Waals surface area contributed by atoms with Crippen molar-refractivity contribution in [3.05, 3.63) is 0 Å². The third kappa shape index (κ3) is 8.20. The van der Waals surface area contributed by atoms with E-state index in [1.54, 1.807) is 0 Å². The van der Waals surface area contributed by atoms with Crippen LogP contribution in [0.1, 0.15) is 54.4 Å². The van der Waals surface area contributed by atoms with E-state index >= 15 is 0 Å². The Hall–Kier alpha value is -0.160. The molecular weight excluding hydrogens is 252 g/mol. The second kappa shape index (κ2) is 12.6. The van der Waals surface area contributed by atoms with Crippen LogP contribution in [0.3, 0.4) is 0 Å². The third-order valence-electron chi connectivity index (χ3n) is 3.95. The van der Waals surface area contributed by atoms with E-state index in [9.17, 15) is 0 Å². The first-order valence-electron chi connectivity index (χ1n) is 8.41. The normalized spacial score (nSPS) is 15.0. The molecule has 0 aromatic heterocycles. The molecule has 0 radical (unpaired) electrons. The van der Waals surface area contributed by atoms with E-state index in [1.807, 2.05) is 0 Å². The van der Waals surface area contributed by atoms with Gasteiger partial charge in [0.1, 0.15) is 12.2 Å². The van der Waals surface area contributed by atoms with E-state index in [0.717, 1.165) is 52.1 Å². The van der Waals surface area contributed by atoms with Crippen molar-refractivity contribution in [2.24, 2.45) is 0 Å². The number of nitrogens with zero attached hydrogens (tertiary/aromatic N) is 2. The maximum atomic E-state index is 5.70. The molecule has 0 fully saturated rings. The monoisotopic (exact) mass is 288 g/mol. The molecule has 0 aromatic carbocycles. The van der Waals surface area contributed by atoms with Gasteiger partial charge in [-0.05, 0) is 39.0 Å². The van der Waals surface area contributed by atoms with E-state index < -0.39 is 0 Å². The van der Waals surface area contributed by atoms with E-state index in [2.05, 4.69) is 51.3 Å². The summed E-state index contributed by atoms with van der Waals surface area (Å²) in [6, 6.07) is 0. The Balaban J connectivity index is 4.16. The minimum atomic E-state index is 0.167. The average molecular weight is 288 g/mol. The predicted octanol–water partition coefficient (Wildman–Crippen LogP) is 3.18. The molecule has 0 bridgehead atoms. The molecule has 20 heavy (non-hydrogen) atoms. The Morgan fingerprint density at radius 3 is 1.10 bits per heavy atom. The molecule has 0 N–H and O–H groups in total. The number of hydrogen-bond donors (Lipinski definition) is 0. The molecule has 0 heterocycles. The summed E-state index contributed by atoms with van der Waals surface area (Å²) in [6.45, 7) is 19.2. The van der Waals surface area contributed by atoms with Gasteiger partial charge in [-0.25, -0.2) is 9.78 Å². The maximum absolute atomic E-state index is 5.70. The van der Waals surface area contributed by atoms with Gasteiger partial charge in [0.25, 0.3) is 0 Å². The highest BCUT2D eigenvalue weighted by Crippen LogP contribution is 2.08. The lowest BCUT2D eigenvalue weighted by Gasteiger charge is -2.27. The highest BCUT2D eigenvalue weighted by molar-refractivity contribution is 4.63. The van der Waals surface area contributed by atoms with Crippen molar-refractivity contribution in [3.8, 4) is 0 Å². The summed E-state index contributed by atoms with van der Waals surface area (Å²) in [5, 5.41) is 0. The van der Waals surface area contributed by atoms with Gasteiger partial charge >= 0.3 is 0 Å². The molecule has 2 unspecified atom stereocenters. The minimum absolute atomic E-state index is 0.167. The Kier molecular flexibility index (Phi) is 12.5. The van der Waals surface area contributed by atoms with Crippen LogP contribution in [0.15, 0.2) is 0 Å². The fourth-order valence-corrected chi connectivity index (χ4v) is 2.15. The standard InChI is InChI=1S/C16H36N2O2/c1-7-15(13-17(9-3)10-4)19-20-16(8-2)14-18(11-5)12-6/h15-16H,7-14H2,1-6H3. The van der Waals surface area contributed by atoms with Crippen molar-refractivity contribution in [3.63, 3.8) is 0 Å².